The highest BCUT2D eigenvalue weighted by Gasteiger charge is 2.35. The van der Waals surface area contributed by atoms with Crippen molar-refractivity contribution < 1.29 is 18.0 Å². The normalized spacial score (nSPS) is 14.1. The standard InChI is InChI=1S/C35H34BrCl2N3O4S/c36-27-16-19-30(20-17-27)41(46(44,45)31-13-5-2-6-14-31)24-34(42)40(23-26-15-18-28(37)22-32(26)38)33(21-25-9-3-1-4-10-25)35(43)39-29-11-7-8-12-29/h1-6,9-10,13-20,22,29,33H,7-8,11-12,21,23-24H2,(H,39,43)/t33-/m1/s1. The maximum atomic E-state index is 14.6. The van der Waals surface area contributed by atoms with E-state index in [1.54, 1.807) is 60.7 Å². The van der Waals surface area contributed by atoms with Gasteiger partial charge in [0.25, 0.3) is 10.0 Å². The lowest BCUT2D eigenvalue weighted by Crippen LogP contribution is -2.54. The monoisotopic (exact) mass is 741 g/mol. The minimum absolute atomic E-state index is 0.0135. The van der Waals surface area contributed by atoms with E-state index in [0.29, 0.717) is 21.3 Å². The molecule has 1 aliphatic carbocycles. The lowest BCUT2D eigenvalue weighted by Gasteiger charge is -2.34. The van der Waals surface area contributed by atoms with Gasteiger partial charge in [-0.25, -0.2) is 8.42 Å². The van der Waals surface area contributed by atoms with Gasteiger partial charge in [-0.1, -0.05) is 107 Å². The second-order valence-electron chi connectivity index (χ2n) is 11.3. The molecule has 0 bridgehead atoms. The number of benzene rings is 4. The van der Waals surface area contributed by atoms with E-state index in [0.717, 1.165) is 40.0 Å². The van der Waals surface area contributed by atoms with Gasteiger partial charge in [0.15, 0.2) is 0 Å². The maximum absolute atomic E-state index is 14.6. The molecule has 0 saturated heterocycles. The molecular weight excluding hydrogens is 709 g/mol. The number of nitrogens with one attached hydrogen (secondary N) is 1. The van der Waals surface area contributed by atoms with Crippen LogP contribution in [0.25, 0.3) is 0 Å². The molecule has 0 aromatic heterocycles. The number of amides is 2. The van der Waals surface area contributed by atoms with Crippen LogP contribution in [0.15, 0.2) is 112 Å². The number of hydrogen-bond acceptors (Lipinski definition) is 4. The third kappa shape index (κ3) is 8.50. The summed E-state index contributed by atoms with van der Waals surface area (Å²) < 4.78 is 30.0. The summed E-state index contributed by atoms with van der Waals surface area (Å²) in [4.78, 5) is 30.2. The Hall–Kier alpha value is -3.37. The number of hydrogen-bond donors (Lipinski definition) is 1. The predicted octanol–water partition coefficient (Wildman–Crippen LogP) is 7.65. The smallest absolute Gasteiger partial charge is 0.264 e. The van der Waals surface area contributed by atoms with Crippen LogP contribution in [0, 0.1) is 0 Å². The van der Waals surface area contributed by atoms with Crippen LogP contribution in [0.5, 0.6) is 0 Å². The largest absolute Gasteiger partial charge is 0.352 e. The van der Waals surface area contributed by atoms with Crippen molar-refractivity contribution in [2.24, 2.45) is 0 Å². The predicted molar refractivity (Wildman–Crippen MR) is 186 cm³/mol. The van der Waals surface area contributed by atoms with E-state index >= 15 is 0 Å². The minimum atomic E-state index is -4.18. The highest BCUT2D eigenvalue weighted by molar-refractivity contribution is 9.10. The Labute approximate surface area is 288 Å². The first-order valence-corrected chi connectivity index (χ1v) is 18.0. The van der Waals surface area contributed by atoms with Crippen LogP contribution >= 0.6 is 39.1 Å². The number of sulfonamides is 1. The van der Waals surface area contributed by atoms with Crippen molar-refractivity contribution in [3.8, 4) is 0 Å². The molecule has 0 unspecified atom stereocenters. The van der Waals surface area contributed by atoms with E-state index < -0.39 is 28.5 Å². The zero-order chi connectivity index (χ0) is 32.7. The van der Waals surface area contributed by atoms with Gasteiger partial charge < -0.3 is 10.2 Å². The maximum Gasteiger partial charge on any atom is 0.264 e. The van der Waals surface area contributed by atoms with E-state index in [9.17, 15) is 18.0 Å². The molecule has 240 valence electrons. The lowest BCUT2D eigenvalue weighted by atomic mass is 10.0. The molecule has 1 N–H and O–H groups in total. The zero-order valence-corrected chi connectivity index (χ0v) is 28.9. The molecule has 0 aliphatic heterocycles. The summed E-state index contributed by atoms with van der Waals surface area (Å²) in [7, 11) is -4.18. The van der Waals surface area contributed by atoms with Crippen LogP contribution < -0.4 is 9.62 Å². The molecular formula is C35H34BrCl2N3O4S. The van der Waals surface area contributed by atoms with Crippen molar-refractivity contribution in [2.75, 3.05) is 10.8 Å². The van der Waals surface area contributed by atoms with Gasteiger partial charge in [0.05, 0.1) is 10.6 Å². The SMILES string of the molecule is O=C(NC1CCCC1)[C@@H](Cc1ccccc1)N(Cc1ccc(Cl)cc1Cl)C(=O)CN(c1ccc(Br)cc1)S(=O)(=O)c1ccccc1. The summed E-state index contributed by atoms with van der Waals surface area (Å²) >= 11 is 16.2. The van der Waals surface area contributed by atoms with Gasteiger partial charge >= 0.3 is 0 Å². The molecule has 11 heteroatoms. The average molecular weight is 744 g/mol. The summed E-state index contributed by atoms with van der Waals surface area (Å²) in [5, 5.41) is 3.93. The van der Waals surface area contributed by atoms with Crippen LogP contribution in [-0.4, -0.2) is 43.8 Å². The average Bonchev–Trinajstić information content (AvgIpc) is 3.57. The summed E-state index contributed by atoms with van der Waals surface area (Å²) in [5.74, 6) is -0.855. The van der Waals surface area contributed by atoms with Gasteiger partial charge in [0, 0.05) is 33.5 Å². The fraction of sp³-hybridized carbons (Fsp3) is 0.257. The zero-order valence-electron chi connectivity index (χ0n) is 25.0. The molecule has 0 radical (unpaired) electrons. The van der Waals surface area contributed by atoms with Gasteiger partial charge in [0.1, 0.15) is 12.6 Å². The number of nitrogens with zero attached hydrogens (tertiary/aromatic N) is 2. The van der Waals surface area contributed by atoms with E-state index in [2.05, 4.69) is 21.2 Å². The van der Waals surface area contributed by atoms with Crippen molar-refractivity contribution in [2.45, 2.75) is 55.6 Å². The van der Waals surface area contributed by atoms with Crippen LogP contribution in [0.1, 0.15) is 36.8 Å². The summed E-state index contributed by atoms with van der Waals surface area (Å²) in [6.07, 6.45) is 4.01. The van der Waals surface area contributed by atoms with Crippen LogP contribution in [0.2, 0.25) is 10.0 Å². The summed E-state index contributed by atoms with van der Waals surface area (Å²) in [6.45, 7) is -0.587. The van der Waals surface area contributed by atoms with E-state index in [4.69, 9.17) is 23.2 Å². The van der Waals surface area contributed by atoms with Gasteiger partial charge in [-0.3, -0.25) is 13.9 Å². The Kier molecular flexibility index (Phi) is 11.4. The number of carbonyl (C=O) groups is 2. The summed E-state index contributed by atoms with van der Waals surface area (Å²) in [5.41, 5.74) is 1.74. The molecule has 0 heterocycles. The molecule has 4 aromatic carbocycles. The van der Waals surface area contributed by atoms with Crippen LogP contribution in [-0.2, 0) is 32.6 Å². The number of rotatable bonds is 12. The van der Waals surface area contributed by atoms with E-state index in [1.165, 1.54) is 17.0 Å². The second kappa shape index (κ2) is 15.5. The fourth-order valence-corrected chi connectivity index (χ4v) is 7.78. The minimum Gasteiger partial charge on any atom is -0.352 e. The molecule has 4 aromatic rings. The Morgan fingerprint density at radius 1 is 0.870 bits per heavy atom. The number of halogens is 3. The first-order chi connectivity index (χ1) is 22.1. The van der Waals surface area contributed by atoms with Crippen LogP contribution in [0.3, 0.4) is 0 Å². The van der Waals surface area contributed by atoms with Gasteiger partial charge in [-0.15, -0.1) is 0 Å². The summed E-state index contributed by atoms with van der Waals surface area (Å²) in [6, 6.07) is 28.1. The van der Waals surface area contributed by atoms with E-state index in [1.807, 2.05) is 30.3 Å². The number of anilines is 1. The van der Waals surface area contributed by atoms with Gasteiger partial charge in [0.2, 0.25) is 11.8 Å². The lowest BCUT2D eigenvalue weighted by molar-refractivity contribution is -0.140. The molecule has 1 saturated carbocycles. The molecule has 2 amide bonds. The van der Waals surface area contributed by atoms with E-state index in [-0.39, 0.29) is 29.8 Å². The number of carbonyl (C=O) groups excluding carboxylic acids is 2. The molecule has 7 nitrogen and oxygen atoms in total. The fourth-order valence-electron chi connectivity index (χ4n) is 5.61. The third-order valence-corrected chi connectivity index (χ3v) is 11.0. The molecule has 46 heavy (non-hydrogen) atoms. The van der Waals surface area contributed by atoms with Crippen molar-refractivity contribution >= 4 is 66.7 Å². The Morgan fingerprint density at radius 2 is 1.50 bits per heavy atom. The first kappa shape index (κ1) is 34.0. The highest BCUT2D eigenvalue weighted by Crippen LogP contribution is 2.28. The highest BCUT2D eigenvalue weighted by atomic mass is 79.9. The molecule has 1 aliphatic rings. The topological polar surface area (TPSA) is 86.8 Å². The van der Waals surface area contributed by atoms with Gasteiger partial charge in [-0.2, -0.15) is 0 Å². The third-order valence-electron chi connectivity index (χ3n) is 8.05. The van der Waals surface area contributed by atoms with Crippen molar-refractivity contribution in [1.82, 2.24) is 10.2 Å². The second-order valence-corrected chi connectivity index (χ2v) is 14.9. The quantitative estimate of drug-likeness (QED) is 0.162. The van der Waals surface area contributed by atoms with Crippen molar-refractivity contribution in [3.63, 3.8) is 0 Å². The first-order valence-electron chi connectivity index (χ1n) is 15.0. The Morgan fingerprint density at radius 3 is 2.13 bits per heavy atom. The van der Waals surface area contributed by atoms with Crippen molar-refractivity contribution in [1.29, 1.82) is 0 Å². The molecule has 5 rings (SSSR count). The van der Waals surface area contributed by atoms with Gasteiger partial charge in [-0.05, 0) is 72.5 Å². The molecule has 0 spiro atoms. The Balaban J connectivity index is 1.57. The molecule has 1 atom stereocenters. The molecule has 1 fully saturated rings. The Bertz CT molecular complexity index is 1750. The van der Waals surface area contributed by atoms with Crippen molar-refractivity contribution in [3.05, 3.63) is 129 Å². The van der Waals surface area contributed by atoms with Crippen LogP contribution in [0.4, 0.5) is 5.69 Å².